The van der Waals surface area contributed by atoms with Crippen LogP contribution >= 0.6 is 0 Å². The van der Waals surface area contributed by atoms with Crippen LogP contribution in [0.4, 0.5) is 11.8 Å². The maximum atomic E-state index is 5.43. The zero-order valence-electron chi connectivity index (χ0n) is 14.9. The highest BCUT2D eigenvalue weighted by Gasteiger charge is 2.20. The molecule has 0 radical (unpaired) electrons. The average molecular weight is 344 g/mol. The van der Waals surface area contributed by atoms with Crippen molar-refractivity contribution in [2.24, 2.45) is 0 Å². The Hall–Kier alpha value is -2.54. The second kappa shape index (κ2) is 8.02. The van der Waals surface area contributed by atoms with Crippen molar-refractivity contribution in [1.29, 1.82) is 0 Å². The largest absolute Gasteiger partial charge is 0.493 e. The summed E-state index contributed by atoms with van der Waals surface area (Å²) in [7, 11) is 5.00. The number of benzene rings is 1. The first-order valence-electron chi connectivity index (χ1n) is 8.29. The Morgan fingerprint density at radius 1 is 1.12 bits per heavy atom. The predicted molar refractivity (Wildman–Crippen MR) is 96.7 cm³/mol. The molecular formula is C18H24N4O3. The second-order valence-electron chi connectivity index (χ2n) is 5.81. The van der Waals surface area contributed by atoms with Gasteiger partial charge in [0, 0.05) is 32.9 Å². The van der Waals surface area contributed by atoms with Crippen molar-refractivity contribution in [1.82, 2.24) is 9.97 Å². The van der Waals surface area contributed by atoms with Crippen LogP contribution in [0.1, 0.15) is 11.1 Å². The lowest BCUT2D eigenvalue weighted by molar-refractivity contribution is 0.210. The molecule has 1 aliphatic rings. The topological polar surface area (TPSA) is 68.7 Å². The Bertz CT molecular complexity index is 723. The lowest BCUT2D eigenvalue weighted by Crippen LogP contribution is -2.31. The Balaban J connectivity index is 1.77. The van der Waals surface area contributed by atoms with Crippen molar-refractivity contribution in [3.8, 4) is 11.5 Å². The van der Waals surface area contributed by atoms with Crippen LogP contribution in [-0.4, -0.2) is 51.0 Å². The van der Waals surface area contributed by atoms with Gasteiger partial charge < -0.3 is 24.4 Å². The van der Waals surface area contributed by atoms with Crippen LogP contribution in [0.15, 0.2) is 24.4 Å². The summed E-state index contributed by atoms with van der Waals surface area (Å²) in [6.07, 6.45) is 2.72. The second-order valence-corrected chi connectivity index (χ2v) is 5.81. The number of nitrogens with one attached hydrogen (secondary N) is 1. The maximum Gasteiger partial charge on any atom is 0.224 e. The zero-order chi connectivity index (χ0) is 17.6. The predicted octanol–water partition coefficient (Wildman–Crippen LogP) is 2.11. The summed E-state index contributed by atoms with van der Waals surface area (Å²) in [5, 5.41) is 3.17. The molecule has 7 heteroatoms. The first-order valence-corrected chi connectivity index (χ1v) is 8.29. The lowest BCUT2D eigenvalue weighted by atomic mass is 9.99. The van der Waals surface area contributed by atoms with Gasteiger partial charge in [-0.2, -0.15) is 4.98 Å². The van der Waals surface area contributed by atoms with Gasteiger partial charge in [0.15, 0.2) is 11.5 Å². The minimum atomic E-state index is 0.617. The molecule has 0 bridgehead atoms. The molecule has 0 fully saturated rings. The van der Waals surface area contributed by atoms with E-state index in [9.17, 15) is 0 Å². The van der Waals surface area contributed by atoms with Crippen LogP contribution in [0, 0.1) is 0 Å². The molecule has 3 rings (SSSR count). The smallest absolute Gasteiger partial charge is 0.224 e. The highest BCUT2D eigenvalue weighted by atomic mass is 16.5. The van der Waals surface area contributed by atoms with Crippen molar-refractivity contribution in [3.05, 3.63) is 35.5 Å². The van der Waals surface area contributed by atoms with E-state index < -0.39 is 0 Å². The number of methoxy groups -OCH3 is 3. The summed E-state index contributed by atoms with van der Waals surface area (Å²) in [6.45, 7) is 2.98. The Morgan fingerprint density at radius 3 is 2.60 bits per heavy atom. The van der Waals surface area contributed by atoms with E-state index >= 15 is 0 Å². The van der Waals surface area contributed by atoms with Crippen LogP contribution in [-0.2, 0) is 17.7 Å². The third-order valence-corrected chi connectivity index (χ3v) is 4.27. The van der Waals surface area contributed by atoms with Crippen LogP contribution in [0.5, 0.6) is 11.5 Å². The van der Waals surface area contributed by atoms with Gasteiger partial charge in [0.1, 0.15) is 5.82 Å². The Labute approximate surface area is 147 Å². The molecular weight excluding hydrogens is 320 g/mol. The summed E-state index contributed by atoms with van der Waals surface area (Å²) in [4.78, 5) is 11.1. The van der Waals surface area contributed by atoms with Crippen LogP contribution < -0.4 is 19.7 Å². The molecule has 0 unspecified atom stereocenters. The molecule has 25 heavy (non-hydrogen) atoms. The number of hydrogen-bond donors (Lipinski definition) is 1. The number of rotatable bonds is 7. The fourth-order valence-corrected chi connectivity index (χ4v) is 2.95. The van der Waals surface area contributed by atoms with Gasteiger partial charge >= 0.3 is 0 Å². The standard InChI is InChI=1S/C18H24N4O3/c1-23-9-7-20-18-19-6-4-17(21-18)22-8-5-13-10-15(24-2)16(25-3)11-14(13)12-22/h4,6,10-11H,5,7-9,12H2,1-3H3,(H,19,20,21). The van der Waals surface area contributed by atoms with Crippen molar-refractivity contribution in [3.63, 3.8) is 0 Å². The molecule has 134 valence electrons. The van der Waals surface area contributed by atoms with Crippen LogP contribution in [0.3, 0.4) is 0 Å². The van der Waals surface area contributed by atoms with Crippen LogP contribution in [0.2, 0.25) is 0 Å². The fraction of sp³-hybridized carbons (Fsp3) is 0.444. The fourth-order valence-electron chi connectivity index (χ4n) is 2.95. The van der Waals surface area contributed by atoms with Gasteiger partial charge in [-0.3, -0.25) is 0 Å². The molecule has 7 nitrogen and oxygen atoms in total. The van der Waals surface area contributed by atoms with Gasteiger partial charge in [-0.05, 0) is 35.7 Å². The normalized spacial score (nSPS) is 13.3. The monoisotopic (exact) mass is 344 g/mol. The van der Waals surface area contributed by atoms with Gasteiger partial charge in [-0.15, -0.1) is 0 Å². The van der Waals surface area contributed by atoms with Crippen molar-refractivity contribution < 1.29 is 14.2 Å². The number of anilines is 2. The molecule has 0 saturated heterocycles. The number of hydrogen-bond acceptors (Lipinski definition) is 7. The molecule has 1 N–H and O–H groups in total. The van der Waals surface area contributed by atoms with Gasteiger partial charge in [-0.25, -0.2) is 4.98 Å². The molecule has 1 aliphatic heterocycles. The van der Waals surface area contributed by atoms with E-state index in [-0.39, 0.29) is 0 Å². The van der Waals surface area contributed by atoms with Crippen molar-refractivity contribution >= 4 is 11.8 Å². The van der Waals surface area contributed by atoms with E-state index in [1.54, 1.807) is 27.5 Å². The van der Waals surface area contributed by atoms with Gasteiger partial charge in [0.05, 0.1) is 20.8 Å². The lowest BCUT2D eigenvalue weighted by Gasteiger charge is -2.30. The molecule has 0 aliphatic carbocycles. The summed E-state index contributed by atoms with van der Waals surface area (Å²) in [5.74, 6) is 3.07. The first kappa shape index (κ1) is 17.3. The maximum absolute atomic E-state index is 5.43. The molecule has 1 aromatic carbocycles. The SMILES string of the molecule is COCCNc1nccc(N2CCc3cc(OC)c(OC)cc3C2)n1. The highest BCUT2D eigenvalue weighted by Crippen LogP contribution is 2.34. The molecule has 1 aromatic heterocycles. The quantitative estimate of drug-likeness (QED) is 0.772. The minimum Gasteiger partial charge on any atom is -0.493 e. The molecule has 0 atom stereocenters. The van der Waals surface area contributed by atoms with Crippen molar-refractivity contribution in [2.45, 2.75) is 13.0 Å². The number of aromatic nitrogens is 2. The summed E-state index contributed by atoms with van der Waals surface area (Å²) < 4.78 is 15.9. The Kier molecular flexibility index (Phi) is 5.55. The van der Waals surface area contributed by atoms with E-state index in [0.717, 1.165) is 36.8 Å². The van der Waals surface area contributed by atoms with Crippen molar-refractivity contribution in [2.75, 3.05) is 51.2 Å². The van der Waals surface area contributed by atoms with E-state index in [1.165, 1.54) is 11.1 Å². The third kappa shape index (κ3) is 3.93. The Morgan fingerprint density at radius 2 is 1.88 bits per heavy atom. The number of fused-ring (bicyclic) bond motifs is 1. The summed E-state index contributed by atoms with van der Waals surface area (Å²) >= 11 is 0. The zero-order valence-corrected chi connectivity index (χ0v) is 14.9. The summed E-state index contributed by atoms with van der Waals surface area (Å²) in [5.41, 5.74) is 2.53. The number of nitrogens with zero attached hydrogens (tertiary/aromatic N) is 3. The van der Waals surface area contributed by atoms with Crippen LogP contribution in [0.25, 0.3) is 0 Å². The molecule has 0 amide bonds. The number of ether oxygens (including phenoxy) is 3. The van der Waals surface area contributed by atoms with Gasteiger partial charge in [0.2, 0.25) is 5.95 Å². The van der Waals surface area contributed by atoms with Gasteiger partial charge in [0.25, 0.3) is 0 Å². The first-order chi connectivity index (χ1) is 12.2. The van der Waals surface area contributed by atoms with E-state index in [4.69, 9.17) is 14.2 Å². The molecule has 0 saturated carbocycles. The molecule has 2 aromatic rings. The third-order valence-electron chi connectivity index (χ3n) is 4.27. The molecule has 2 heterocycles. The van der Waals surface area contributed by atoms with E-state index in [0.29, 0.717) is 19.1 Å². The van der Waals surface area contributed by atoms with E-state index in [2.05, 4.69) is 32.3 Å². The summed E-state index contributed by atoms with van der Waals surface area (Å²) in [6, 6.07) is 6.07. The average Bonchev–Trinajstić information content (AvgIpc) is 2.67. The van der Waals surface area contributed by atoms with E-state index in [1.807, 2.05) is 6.07 Å². The van der Waals surface area contributed by atoms with Gasteiger partial charge in [-0.1, -0.05) is 0 Å². The minimum absolute atomic E-state index is 0.617. The molecule has 0 spiro atoms. The highest BCUT2D eigenvalue weighted by molar-refractivity contribution is 5.52.